The van der Waals surface area contributed by atoms with E-state index in [-0.39, 0.29) is 0 Å². The molecule has 2 aromatic rings. The Morgan fingerprint density at radius 3 is 2.62 bits per heavy atom. The van der Waals surface area contributed by atoms with E-state index in [1.165, 1.54) is 6.08 Å². The summed E-state index contributed by atoms with van der Waals surface area (Å²) in [7, 11) is 1.55. The number of carbonyl (C=O) groups excluding carboxylic acids is 1. The van der Waals surface area contributed by atoms with Crippen molar-refractivity contribution in [2.45, 2.75) is 6.61 Å². The van der Waals surface area contributed by atoms with E-state index in [4.69, 9.17) is 21.1 Å². The van der Waals surface area contributed by atoms with E-state index in [1.807, 2.05) is 30.3 Å². The molecule has 0 spiro atoms. The predicted molar refractivity (Wildman–Crippen MR) is 83.7 cm³/mol. The summed E-state index contributed by atoms with van der Waals surface area (Å²) in [6, 6.07) is 15.2. The van der Waals surface area contributed by atoms with Gasteiger partial charge in [0.15, 0.2) is 0 Å². The topological polar surface area (TPSA) is 35.5 Å². The molecule has 0 heterocycles. The van der Waals surface area contributed by atoms with Gasteiger partial charge in [0, 0.05) is 11.6 Å². The van der Waals surface area contributed by atoms with Crippen molar-refractivity contribution in [3.63, 3.8) is 0 Å². The van der Waals surface area contributed by atoms with Crippen LogP contribution in [-0.2, 0) is 11.4 Å². The van der Waals surface area contributed by atoms with E-state index >= 15 is 0 Å². The van der Waals surface area contributed by atoms with Crippen LogP contribution >= 0.6 is 11.6 Å². The molecule has 0 amide bonds. The second kappa shape index (κ2) is 7.50. The van der Waals surface area contributed by atoms with E-state index in [9.17, 15) is 4.79 Å². The molecule has 0 aliphatic carbocycles. The third-order valence-corrected chi connectivity index (χ3v) is 3.22. The Labute approximate surface area is 128 Å². The van der Waals surface area contributed by atoms with Gasteiger partial charge in [-0.25, -0.2) is 0 Å². The van der Waals surface area contributed by atoms with Crippen molar-refractivity contribution in [2.24, 2.45) is 0 Å². The lowest BCUT2D eigenvalue weighted by Gasteiger charge is -2.11. The van der Waals surface area contributed by atoms with E-state index in [1.54, 1.807) is 25.3 Å². The maximum atomic E-state index is 10.5. The standard InChI is InChI=1S/C17H15ClO3/c1-20-17-11-14(7-8-15(17)16(18)9-10-19)21-12-13-5-3-2-4-6-13/h2-11H,12H2,1H3. The first-order chi connectivity index (χ1) is 10.2. The van der Waals surface area contributed by atoms with E-state index in [0.29, 0.717) is 35.0 Å². The van der Waals surface area contributed by atoms with Crippen LogP contribution in [0.4, 0.5) is 0 Å². The Morgan fingerprint density at radius 1 is 1.19 bits per heavy atom. The molecule has 0 N–H and O–H groups in total. The maximum Gasteiger partial charge on any atom is 0.144 e. The fraction of sp³-hybridized carbons (Fsp3) is 0.118. The van der Waals surface area contributed by atoms with Crippen molar-refractivity contribution in [3.05, 3.63) is 65.7 Å². The van der Waals surface area contributed by atoms with Crippen molar-refractivity contribution in [2.75, 3.05) is 7.11 Å². The molecule has 0 unspecified atom stereocenters. The van der Waals surface area contributed by atoms with Crippen LogP contribution in [-0.4, -0.2) is 13.4 Å². The molecule has 2 rings (SSSR count). The molecule has 108 valence electrons. The Balaban J connectivity index is 2.15. The first-order valence-electron chi connectivity index (χ1n) is 6.40. The van der Waals surface area contributed by atoms with Gasteiger partial charge in [-0.3, -0.25) is 4.79 Å². The number of ether oxygens (including phenoxy) is 2. The Morgan fingerprint density at radius 2 is 1.95 bits per heavy atom. The van der Waals surface area contributed by atoms with Gasteiger partial charge < -0.3 is 9.47 Å². The fourth-order valence-electron chi connectivity index (χ4n) is 1.85. The molecule has 0 radical (unpaired) electrons. The highest BCUT2D eigenvalue weighted by Crippen LogP contribution is 2.32. The molecule has 21 heavy (non-hydrogen) atoms. The van der Waals surface area contributed by atoms with E-state index < -0.39 is 0 Å². The molecule has 0 aromatic heterocycles. The number of rotatable bonds is 6. The van der Waals surface area contributed by atoms with Crippen LogP contribution in [0, 0.1) is 0 Å². The summed E-state index contributed by atoms with van der Waals surface area (Å²) in [5.74, 6) is 1.23. The monoisotopic (exact) mass is 302 g/mol. The summed E-state index contributed by atoms with van der Waals surface area (Å²) < 4.78 is 11.0. The van der Waals surface area contributed by atoms with Crippen LogP contribution in [0.1, 0.15) is 11.1 Å². The van der Waals surface area contributed by atoms with Crippen LogP contribution in [0.15, 0.2) is 54.6 Å². The number of hydrogen-bond donors (Lipinski definition) is 0. The van der Waals surface area contributed by atoms with Gasteiger partial charge in [-0.1, -0.05) is 41.9 Å². The smallest absolute Gasteiger partial charge is 0.144 e. The number of hydrogen-bond acceptors (Lipinski definition) is 3. The van der Waals surface area contributed by atoms with Crippen molar-refractivity contribution in [1.29, 1.82) is 0 Å². The molecule has 0 saturated carbocycles. The Bertz CT molecular complexity index is 636. The molecule has 0 fully saturated rings. The zero-order valence-corrected chi connectivity index (χ0v) is 12.3. The molecule has 0 atom stereocenters. The van der Waals surface area contributed by atoms with Gasteiger partial charge in [0.1, 0.15) is 24.4 Å². The highest BCUT2D eigenvalue weighted by Gasteiger charge is 2.08. The number of aldehydes is 1. The normalized spacial score (nSPS) is 11.0. The minimum absolute atomic E-state index is 0.330. The van der Waals surface area contributed by atoms with Crippen LogP contribution in [0.5, 0.6) is 11.5 Å². The van der Waals surface area contributed by atoms with Crippen molar-refractivity contribution >= 4 is 22.9 Å². The van der Waals surface area contributed by atoms with Gasteiger partial charge in [-0.05, 0) is 23.8 Å². The van der Waals surface area contributed by atoms with Gasteiger partial charge in [-0.2, -0.15) is 0 Å². The summed E-state index contributed by atoms with van der Waals surface area (Å²) in [5, 5.41) is 0.330. The highest BCUT2D eigenvalue weighted by molar-refractivity contribution is 6.50. The SMILES string of the molecule is COc1cc(OCc2ccccc2)ccc1C(Cl)=CC=O. The summed E-state index contributed by atoms with van der Waals surface area (Å²) in [6.07, 6.45) is 1.92. The zero-order chi connectivity index (χ0) is 15.1. The van der Waals surface area contributed by atoms with Gasteiger partial charge in [0.25, 0.3) is 0 Å². The lowest BCUT2D eigenvalue weighted by Crippen LogP contribution is -1.96. The Hall–Kier alpha value is -2.26. The molecular formula is C17H15ClO3. The van der Waals surface area contributed by atoms with Gasteiger partial charge >= 0.3 is 0 Å². The molecule has 0 aliphatic rings. The van der Waals surface area contributed by atoms with E-state index in [2.05, 4.69) is 0 Å². The lowest BCUT2D eigenvalue weighted by molar-refractivity contribution is -0.104. The molecule has 0 aliphatic heterocycles. The average Bonchev–Trinajstić information content (AvgIpc) is 2.53. The second-order valence-electron chi connectivity index (χ2n) is 4.29. The molecule has 3 nitrogen and oxygen atoms in total. The molecule has 4 heteroatoms. The third-order valence-electron chi connectivity index (χ3n) is 2.89. The van der Waals surface area contributed by atoms with Crippen LogP contribution in [0.25, 0.3) is 5.03 Å². The van der Waals surface area contributed by atoms with Crippen LogP contribution in [0.3, 0.4) is 0 Å². The summed E-state index contributed by atoms with van der Waals surface area (Å²) >= 11 is 6.02. The van der Waals surface area contributed by atoms with Gasteiger partial charge in [-0.15, -0.1) is 0 Å². The number of methoxy groups -OCH3 is 1. The van der Waals surface area contributed by atoms with E-state index in [0.717, 1.165) is 5.56 Å². The summed E-state index contributed by atoms with van der Waals surface area (Å²) in [5.41, 5.74) is 1.73. The molecule has 0 bridgehead atoms. The highest BCUT2D eigenvalue weighted by atomic mass is 35.5. The van der Waals surface area contributed by atoms with Crippen molar-refractivity contribution in [3.8, 4) is 11.5 Å². The predicted octanol–water partition coefficient (Wildman–Crippen LogP) is 4.05. The minimum atomic E-state index is 0.330. The maximum absolute atomic E-state index is 10.5. The van der Waals surface area contributed by atoms with Crippen LogP contribution in [0.2, 0.25) is 0 Å². The molecule has 0 saturated heterocycles. The largest absolute Gasteiger partial charge is 0.496 e. The van der Waals surface area contributed by atoms with Crippen molar-refractivity contribution < 1.29 is 14.3 Å². The number of allylic oxidation sites excluding steroid dienone is 1. The quantitative estimate of drug-likeness (QED) is 0.596. The van der Waals surface area contributed by atoms with Crippen LogP contribution < -0.4 is 9.47 Å². The second-order valence-corrected chi connectivity index (χ2v) is 4.69. The van der Waals surface area contributed by atoms with Crippen molar-refractivity contribution in [1.82, 2.24) is 0 Å². The average molecular weight is 303 g/mol. The zero-order valence-electron chi connectivity index (χ0n) is 11.6. The summed E-state index contributed by atoms with van der Waals surface area (Å²) in [6.45, 7) is 0.473. The Kier molecular flexibility index (Phi) is 5.41. The minimum Gasteiger partial charge on any atom is -0.496 e. The first-order valence-corrected chi connectivity index (χ1v) is 6.78. The lowest BCUT2D eigenvalue weighted by atomic mass is 10.1. The van der Waals surface area contributed by atoms with Gasteiger partial charge in [0.2, 0.25) is 0 Å². The van der Waals surface area contributed by atoms with Gasteiger partial charge in [0.05, 0.1) is 12.1 Å². The first kappa shape index (κ1) is 15.1. The fourth-order valence-corrected chi connectivity index (χ4v) is 2.06. The number of halogens is 1. The number of carbonyl (C=O) groups is 1. The third kappa shape index (κ3) is 4.10. The molecule has 2 aromatic carbocycles. The molecular weight excluding hydrogens is 288 g/mol. The summed E-state index contributed by atoms with van der Waals surface area (Å²) in [4.78, 5) is 10.5. The number of benzene rings is 2.